The highest BCUT2D eigenvalue weighted by atomic mass is 19.4. The zero-order valence-electron chi connectivity index (χ0n) is 11.4. The van der Waals surface area contributed by atoms with Gasteiger partial charge in [0.25, 0.3) is 0 Å². The van der Waals surface area contributed by atoms with E-state index in [-0.39, 0.29) is 13.2 Å². The lowest BCUT2D eigenvalue weighted by Gasteiger charge is -2.14. The van der Waals surface area contributed by atoms with Gasteiger partial charge >= 0.3 is 6.18 Å². The molecule has 3 nitrogen and oxygen atoms in total. The highest BCUT2D eigenvalue weighted by molar-refractivity contribution is 5.46. The minimum absolute atomic E-state index is 0.146. The number of hydrogen-bond acceptors (Lipinski definition) is 3. The van der Waals surface area contributed by atoms with Crippen molar-refractivity contribution < 1.29 is 23.0 Å². The second-order valence-corrected chi connectivity index (χ2v) is 4.54. The Labute approximate surface area is 116 Å². The predicted octanol–water partition coefficient (Wildman–Crippen LogP) is 3.29. The normalized spacial score (nSPS) is 13.2. The number of benzene rings is 1. The van der Waals surface area contributed by atoms with Crippen molar-refractivity contribution in [2.75, 3.05) is 25.1 Å². The van der Waals surface area contributed by atoms with Gasteiger partial charge in [-0.2, -0.15) is 13.2 Å². The van der Waals surface area contributed by atoms with Gasteiger partial charge in [-0.3, -0.25) is 0 Å². The fourth-order valence-corrected chi connectivity index (χ4v) is 1.57. The number of ether oxygens (including phenoxy) is 1. The van der Waals surface area contributed by atoms with Crippen LogP contribution < -0.4 is 5.32 Å². The van der Waals surface area contributed by atoms with E-state index in [1.165, 1.54) is 12.1 Å². The molecule has 0 aromatic heterocycles. The fraction of sp³-hybridized carbons (Fsp3) is 0.571. The smallest absolute Gasteiger partial charge is 0.389 e. The average molecular weight is 291 g/mol. The van der Waals surface area contributed by atoms with Gasteiger partial charge in [-0.05, 0) is 24.6 Å². The Morgan fingerprint density at radius 3 is 2.75 bits per heavy atom. The number of nitrogens with one attached hydrogen (secondary N) is 1. The first-order valence-electron chi connectivity index (χ1n) is 6.60. The van der Waals surface area contributed by atoms with Gasteiger partial charge in [-0.15, -0.1) is 0 Å². The quantitative estimate of drug-likeness (QED) is 0.722. The van der Waals surface area contributed by atoms with Crippen molar-refractivity contribution in [1.82, 2.24) is 0 Å². The zero-order chi connectivity index (χ0) is 15.0. The van der Waals surface area contributed by atoms with Gasteiger partial charge < -0.3 is 15.2 Å². The number of rotatable bonds is 8. The molecule has 0 fully saturated rings. The van der Waals surface area contributed by atoms with Crippen LogP contribution in [0.25, 0.3) is 0 Å². The summed E-state index contributed by atoms with van der Waals surface area (Å²) >= 11 is 0. The maximum atomic E-state index is 12.5. The van der Waals surface area contributed by atoms with Crippen LogP contribution in [0.2, 0.25) is 0 Å². The first-order valence-corrected chi connectivity index (χ1v) is 6.60. The fourth-order valence-electron chi connectivity index (χ4n) is 1.57. The topological polar surface area (TPSA) is 41.5 Å². The van der Waals surface area contributed by atoms with Crippen LogP contribution in [-0.4, -0.2) is 31.0 Å². The molecule has 0 heterocycles. The Morgan fingerprint density at radius 2 is 2.10 bits per heavy atom. The monoisotopic (exact) mass is 291 g/mol. The third kappa shape index (κ3) is 6.25. The number of aliphatic hydroxyl groups excluding tert-OH is 1. The van der Waals surface area contributed by atoms with E-state index in [2.05, 4.69) is 5.32 Å². The van der Waals surface area contributed by atoms with Gasteiger partial charge in [-0.25, -0.2) is 0 Å². The molecule has 1 aromatic carbocycles. The maximum absolute atomic E-state index is 12.5. The van der Waals surface area contributed by atoms with Gasteiger partial charge in [0.05, 0.1) is 18.3 Å². The van der Waals surface area contributed by atoms with Crippen LogP contribution in [0, 0.1) is 0 Å². The summed E-state index contributed by atoms with van der Waals surface area (Å²) < 4.78 is 42.8. The summed E-state index contributed by atoms with van der Waals surface area (Å²) in [5, 5.41) is 12.4. The lowest BCUT2D eigenvalue weighted by atomic mass is 10.2. The third-order valence-corrected chi connectivity index (χ3v) is 2.68. The van der Waals surface area contributed by atoms with Crippen LogP contribution >= 0.6 is 0 Å². The van der Waals surface area contributed by atoms with Crippen LogP contribution in [-0.2, 0) is 10.9 Å². The van der Waals surface area contributed by atoms with Crippen molar-refractivity contribution in [1.29, 1.82) is 0 Å². The average Bonchev–Trinajstić information content (AvgIpc) is 2.41. The molecular weight excluding hydrogens is 271 g/mol. The molecule has 0 saturated heterocycles. The number of halogens is 3. The third-order valence-electron chi connectivity index (χ3n) is 2.68. The molecule has 114 valence electrons. The van der Waals surface area contributed by atoms with Crippen LogP contribution in [0.3, 0.4) is 0 Å². The predicted molar refractivity (Wildman–Crippen MR) is 71.7 cm³/mol. The molecule has 0 radical (unpaired) electrons. The summed E-state index contributed by atoms with van der Waals surface area (Å²) in [5.74, 6) is 0. The number of alkyl halides is 3. The lowest BCUT2D eigenvalue weighted by Crippen LogP contribution is -2.25. The molecule has 20 heavy (non-hydrogen) atoms. The largest absolute Gasteiger partial charge is 0.416 e. The molecule has 0 aliphatic rings. The van der Waals surface area contributed by atoms with E-state index in [1.807, 2.05) is 6.92 Å². The summed E-state index contributed by atoms with van der Waals surface area (Å²) in [7, 11) is 0. The van der Waals surface area contributed by atoms with Crippen LogP contribution in [0.15, 0.2) is 24.3 Å². The van der Waals surface area contributed by atoms with Crippen molar-refractivity contribution >= 4 is 5.69 Å². The summed E-state index contributed by atoms with van der Waals surface area (Å²) in [6, 6.07) is 4.88. The van der Waals surface area contributed by atoms with Crippen LogP contribution in [0.4, 0.5) is 18.9 Å². The van der Waals surface area contributed by atoms with Gasteiger partial charge in [-0.1, -0.05) is 19.4 Å². The van der Waals surface area contributed by atoms with Crippen LogP contribution in [0.1, 0.15) is 25.3 Å². The summed E-state index contributed by atoms with van der Waals surface area (Å²) in [6.45, 7) is 2.94. The summed E-state index contributed by atoms with van der Waals surface area (Å²) in [5.41, 5.74) is -0.386. The van der Waals surface area contributed by atoms with Crippen LogP contribution in [0.5, 0.6) is 0 Å². The number of anilines is 1. The maximum Gasteiger partial charge on any atom is 0.416 e. The molecule has 0 aliphatic heterocycles. The number of aliphatic hydroxyl groups is 1. The SMILES string of the molecule is CCCCOCC(O)CNc1cccc(C(F)(F)F)c1. The molecule has 0 amide bonds. The van der Waals surface area contributed by atoms with Crippen molar-refractivity contribution in [2.24, 2.45) is 0 Å². The molecule has 1 rings (SSSR count). The Morgan fingerprint density at radius 1 is 1.35 bits per heavy atom. The number of unbranched alkanes of at least 4 members (excludes halogenated alkanes) is 1. The molecule has 0 spiro atoms. The zero-order valence-corrected chi connectivity index (χ0v) is 11.4. The highest BCUT2D eigenvalue weighted by Crippen LogP contribution is 2.30. The Bertz CT molecular complexity index is 396. The first-order chi connectivity index (χ1) is 9.43. The van der Waals surface area contributed by atoms with Gasteiger partial charge in [0.15, 0.2) is 0 Å². The molecule has 2 N–H and O–H groups in total. The molecule has 1 unspecified atom stereocenters. The van der Waals surface area contributed by atoms with Gasteiger partial charge in [0, 0.05) is 18.8 Å². The Hall–Kier alpha value is -1.27. The van der Waals surface area contributed by atoms with E-state index in [1.54, 1.807) is 0 Å². The molecule has 0 saturated carbocycles. The van der Waals surface area contributed by atoms with E-state index in [9.17, 15) is 18.3 Å². The molecule has 1 atom stereocenters. The van der Waals surface area contributed by atoms with Crippen molar-refractivity contribution in [3.8, 4) is 0 Å². The Balaban J connectivity index is 2.38. The number of hydrogen-bond donors (Lipinski definition) is 2. The second kappa shape index (κ2) is 8.11. The first kappa shape index (κ1) is 16.8. The van der Waals surface area contributed by atoms with Crippen molar-refractivity contribution in [3.05, 3.63) is 29.8 Å². The van der Waals surface area contributed by atoms with E-state index >= 15 is 0 Å². The van der Waals surface area contributed by atoms with Gasteiger partial charge in [0.1, 0.15) is 0 Å². The van der Waals surface area contributed by atoms with Crippen molar-refractivity contribution in [2.45, 2.75) is 32.0 Å². The highest BCUT2D eigenvalue weighted by Gasteiger charge is 2.30. The van der Waals surface area contributed by atoms with Gasteiger partial charge in [0.2, 0.25) is 0 Å². The minimum Gasteiger partial charge on any atom is -0.389 e. The molecular formula is C14H20F3NO2. The second-order valence-electron chi connectivity index (χ2n) is 4.54. The molecule has 6 heteroatoms. The molecule has 0 aliphatic carbocycles. The molecule has 1 aromatic rings. The minimum atomic E-state index is -4.36. The van der Waals surface area contributed by atoms with Crippen molar-refractivity contribution in [3.63, 3.8) is 0 Å². The van der Waals surface area contributed by atoms with E-state index in [4.69, 9.17) is 4.74 Å². The summed E-state index contributed by atoms with van der Waals surface area (Å²) in [4.78, 5) is 0. The van der Waals surface area contributed by atoms with E-state index < -0.39 is 17.8 Å². The lowest BCUT2D eigenvalue weighted by molar-refractivity contribution is -0.137. The van der Waals surface area contributed by atoms with E-state index in [0.29, 0.717) is 12.3 Å². The Kier molecular flexibility index (Phi) is 6.81. The molecule has 0 bridgehead atoms. The standard InChI is InChI=1S/C14H20F3NO2/c1-2-3-7-20-10-13(19)9-18-12-6-4-5-11(8-12)14(15,16)17/h4-6,8,13,18-19H,2-3,7,9-10H2,1H3. The summed E-state index contributed by atoms with van der Waals surface area (Å²) in [6.07, 6.45) is -3.17. The van der Waals surface area contributed by atoms with E-state index in [0.717, 1.165) is 25.0 Å².